The summed E-state index contributed by atoms with van der Waals surface area (Å²) < 4.78 is 27.9. The summed E-state index contributed by atoms with van der Waals surface area (Å²) in [5.41, 5.74) is 1.03. The molecule has 0 amide bonds. The van der Waals surface area contributed by atoms with Crippen LogP contribution in [0.5, 0.6) is 0 Å². The molecule has 1 N–H and O–H groups in total. The minimum atomic E-state index is -0.459. The molecule has 18 heavy (non-hydrogen) atoms. The van der Waals surface area contributed by atoms with Crippen LogP contribution in [-0.2, 0) is 13.1 Å². The zero-order valence-electron chi connectivity index (χ0n) is 10.0. The van der Waals surface area contributed by atoms with E-state index in [1.807, 2.05) is 6.92 Å². The second kappa shape index (κ2) is 5.68. The van der Waals surface area contributed by atoms with Gasteiger partial charge in [-0.2, -0.15) is 0 Å². The fraction of sp³-hybridized carbons (Fsp3) is 0.333. The van der Waals surface area contributed by atoms with E-state index in [1.165, 1.54) is 10.7 Å². The molecular formula is C12H14F2N4. The van der Waals surface area contributed by atoms with Gasteiger partial charge in [0.1, 0.15) is 11.6 Å². The van der Waals surface area contributed by atoms with E-state index in [0.717, 1.165) is 24.4 Å². The van der Waals surface area contributed by atoms with Gasteiger partial charge in [0, 0.05) is 12.1 Å². The molecule has 0 radical (unpaired) electrons. The highest BCUT2D eigenvalue weighted by Crippen LogP contribution is 2.11. The van der Waals surface area contributed by atoms with Crippen LogP contribution in [0.25, 0.3) is 0 Å². The first-order valence-electron chi connectivity index (χ1n) is 5.72. The molecule has 0 spiro atoms. The predicted molar refractivity (Wildman–Crippen MR) is 62.9 cm³/mol. The SMILES string of the molecule is CCNCc1cn(Cc2cc(F)ccc2F)nn1. The van der Waals surface area contributed by atoms with Crippen LogP contribution in [0.15, 0.2) is 24.4 Å². The number of hydrogen-bond acceptors (Lipinski definition) is 3. The summed E-state index contributed by atoms with van der Waals surface area (Å²) in [5.74, 6) is -0.903. The van der Waals surface area contributed by atoms with Crippen LogP contribution < -0.4 is 5.32 Å². The average Bonchev–Trinajstić information content (AvgIpc) is 2.79. The van der Waals surface area contributed by atoms with E-state index in [-0.39, 0.29) is 12.1 Å². The molecule has 0 unspecified atom stereocenters. The fourth-order valence-corrected chi connectivity index (χ4v) is 1.59. The number of hydrogen-bond donors (Lipinski definition) is 1. The van der Waals surface area contributed by atoms with E-state index in [9.17, 15) is 8.78 Å². The van der Waals surface area contributed by atoms with Crippen molar-refractivity contribution in [2.45, 2.75) is 20.0 Å². The Balaban J connectivity index is 2.08. The van der Waals surface area contributed by atoms with Gasteiger partial charge in [0.25, 0.3) is 0 Å². The maximum atomic E-state index is 13.4. The number of aromatic nitrogens is 3. The maximum Gasteiger partial charge on any atom is 0.128 e. The first kappa shape index (κ1) is 12.6. The number of halogens is 2. The van der Waals surface area contributed by atoms with Gasteiger partial charge in [0.2, 0.25) is 0 Å². The molecule has 0 aliphatic heterocycles. The fourth-order valence-electron chi connectivity index (χ4n) is 1.59. The van der Waals surface area contributed by atoms with Gasteiger partial charge < -0.3 is 5.32 Å². The topological polar surface area (TPSA) is 42.7 Å². The molecule has 1 aromatic heterocycles. The lowest BCUT2D eigenvalue weighted by molar-refractivity contribution is 0.560. The highest BCUT2D eigenvalue weighted by Gasteiger charge is 2.06. The molecule has 4 nitrogen and oxygen atoms in total. The lowest BCUT2D eigenvalue weighted by atomic mass is 10.2. The van der Waals surface area contributed by atoms with Crippen molar-refractivity contribution in [3.8, 4) is 0 Å². The van der Waals surface area contributed by atoms with E-state index in [1.54, 1.807) is 6.20 Å². The zero-order chi connectivity index (χ0) is 13.0. The number of rotatable bonds is 5. The third-order valence-electron chi connectivity index (χ3n) is 2.48. The van der Waals surface area contributed by atoms with Crippen molar-refractivity contribution in [1.82, 2.24) is 20.3 Å². The van der Waals surface area contributed by atoms with E-state index >= 15 is 0 Å². The van der Waals surface area contributed by atoms with Crippen LogP contribution in [0, 0.1) is 11.6 Å². The van der Waals surface area contributed by atoms with Gasteiger partial charge in [-0.3, -0.25) is 0 Å². The second-order valence-corrected chi connectivity index (χ2v) is 3.92. The first-order valence-corrected chi connectivity index (χ1v) is 5.72. The highest BCUT2D eigenvalue weighted by atomic mass is 19.1. The Morgan fingerprint density at radius 1 is 1.33 bits per heavy atom. The van der Waals surface area contributed by atoms with Gasteiger partial charge in [-0.15, -0.1) is 5.10 Å². The van der Waals surface area contributed by atoms with Gasteiger partial charge in [-0.1, -0.05) is 12.1 Å². The van der Waals surface area contributed by atoms with Crippen molar-refractivity contribution >= 4 is 0 Å². The normalized spacial score (nSPS) is 10.8. The molecule has 0 saturated carbocycles. The minimum absolute atomic E-state index is 0.169. The maximum absolute atomic E-state index is 13.4. The standard InChI is InChI=1S/C12H14F2N4/c1-2-15-6-11-8-18(17-16-11)7-9-5-10(13)3-4-12(9)14/h3-5,8,15H,2,6-7H2,1H3. The van der Waals surface area contributed by atoms with Crippen LogP contribution in [0.2, 0.25) is 0 Å². The number of nitrogens with one attached hydrogen (secondary N) is 1. The lowest BCUT2D eigenvalue weighted by Crippen LogP contribution is -2.11. The second-order valence-electron chi connectivity index (χ2n) is 3.92. The molecule has 1 aromatic carbocycles. The summed E-state index contributed by atoms with van der Waals surface area (Å²) in [6.45, 7) is 3.61. The summed E-state index contributed by atoms with van der Waals surface area (Å²) in [7, 11) is 0. The molecule has 0 aliphatic carbocycles. The molecule has 2 rings (SSSR count). The molecule has 2 aromatic rings. The zero-order valence-corrected chi connectivity index (χ0v) is 10.0. The summed E-state index contributed by atoms with van der Waals surface area (Å²) in [4.78, 5) is 0. The largest absolute Gasteiger partial charge is 0.311 e. The Morgan fingerprint density at radius 2 is 2.17 bits per heavy atom. The van der Waals surface area contributed by atoms with Crippen LogP contribution in [-0.4, -0.2) is 21.5 Å². The molecule has 96 valence electrons. The summed E-state index contributed by atoms with van der Waals surface area (Å²) in [6, 6.07) is 3.37. The molecule has 0 bridgehead atoms. The number of benzene rings is 1. The molecule has 0 atom stereocenters. The van der Waals surface area contributed by atoms with Gasteiger partial charge in [0.05, 0.1) is 18.4 Å². The monoisotopic (exact) mass is 252 g/mol. The van der Waals surface area contributed by atoms with Crippen LogP contribution >= 0.6 is 0 Å². The average molecular weight is 252 g/mol. The molecule has 0 fully saturated rings. The van der Waals surface area contributed by atoms with Gasteiger partial charge >= 0.3 is 0 Å². The quantitative estimate of drug-likeness (QED) is 0.881. The van der Waals surface area contributed by atoms with Crippen molar-refractivity contribution in [2.24, 2.45) is 0 Å². The van der Waals surface area contributed by atoms with Crippen molar-refractivity contribution in [3.05, 3.63) is 47.3 Å². The van der Waals surface area contributed by atoms with Crippen molar-refractivity contribution in [1.29, 1.82) is 0 Å². The Kier molecular flexibility index (Phi) is 3.99. The van der Waals surface area contributed by atoms with E-state index in [0.29, 0.717) is 6.54 Å². The van der Waals surface area contributed by atoms with Crippen LogP contribution in [0.3, 0.4) is 0 Å². The smallest absolute Gasteiger partial charge is 0.128 e. The predicted octanol–water partition coefficient (Wildman–Crippen LogP) is 1.71. The van der Waals surface area contributed by atoms with Gasteiger partial charge in [-0.05, 0) is 24.7 Å². The van der Waals surface area contributed by atoms with Crippen molar-refractivity contribution < 1.29 is 8.78 Å². The Bertz CT molecular complexity index is 525. The Hall–Kier alpha value is -1.82. The Morgan fingerprint density at radius 3 is 2.94 bits per heavy atom. The first-order chi connectivity index (χ1) is 8.69. The minimum Gasteiger partial charge on any atom is -0.311 e. The van der Waals surface area contributed by atoms with Crippen LogP contribution in [0.4, 0.5) is 8.78 Å². The lowest BCUT2D eigenvalue weighted by Gasteiger charge is -2.02. The van der Waals surface area contributed by atoms with Crippen LogP contribution in [0.1, 0.15) is 18.2 Å². The van der Waals surface area contributed by atoms with Crippen molar-refractivity contribution in [2.75, 3.05) is 6.54 Å². The molecular weight excluding hydrogens is 238 g/mol. The van der Waals surface area contributed by atoms with Crippen molar-refractivity contribution in [3.63, 3.8) is 0 Å². The Labute approximate surface area is 104 Å². The van der Waals surface area contributed by atoms with E-state index in [4.69, 9.17) is 0 Å². The summed E-state index contributed by atoms with van der Waals surface area (Å²) >= 11 is 0. The summed E-state index contributed by atoms with van der Waals surface area (Å²) in [6.07, 6.45) is 1.72. The molecule has 1 heterocycles. The highest BCUT2D eigenvalue weighted by molar-refractivity contribution is 5.18. The van der Waals surface area contributed by atoms with E-state index < -0.39 is 11.6 Å². The summed E-state index contributed by atoms with van der Waals surface area (Å²) in [5, 5.41) is 10.9. The third-order valence-corrected chi connectivity index (χ3v) is 2.48. The van der Waals surface area contributed by atoms with Gasteiger partial charge in [0.15, 0.2) is 0 Å². The van der Waals surface area contributed by atoms with E-state index in [2.05, 4.69) is 15.6 Å². The molecule has 6 heteroatoms. The molecule has 0 saturated heterocycles. The molecule has 0 aliphatic rings. The third kappa shape index (κ3) is 3.10. The number of nitrogens with zero attached hydrogens (tertiary/aromatic N) is 3. The van der Waals surface area contributed by atoms with Gasteiger partial charge in [-0.25, -0.2) is 13.5 Å².